The van der Waals surface area contributed by atoms with E-state index in [9.17, 15) is 9.59 Å². The third kappa shape index (κ3) is 4.06. The predicted molar refractivity (Wildman–Crippen MR) is 98.3 cm³/mol. The number of anilines is 1. The number of aryl methyl sites for hydroxylation is 1. The SMILES string of the molecule is CN(CC(=O)Nc1ccc(C(N)=O)cc1)[C@H]1CCCc2ccccc21. The van der Waals surface area contributed by atoms with Gasteiger partial charge in [0, 0.05) is 17.3 Å². The van der Waals surface area contributed by atoms with Gasteiger partial charge in [0.1, 0.15) is 0 Å². The summed E-state index contributed by atoms with van der Waals surface area (Å²) in [5.74, 6) is -0.550. The first-order valence-electron chi connectivity index (χ1n) is 8.52. The molecule has 0 saturated carbocycles. The van der Waals surface area contributed by atoms with E-state index in [0.717, 1.165) is 19.3 Å². The van der Waals surface area contributed by atoms with Crippen molar-refractivity contribution in [2.24, 2.45) is 5.73 Å². The largest absolute Gasteiger partial charge is 0.366 e. The summed E-state index contributed by atoms with van der Waals surface area (Å²) in [5, 5.41) is 2.87. The summed E-state index contributed by atoms with van der Waals surface area (Å²) in [6.07, 6.45) is 3.31. The van der Waals surface area contributed by atoms with Gasteiger partial charge < -0.3 is 11.1 Å². The van der Waals surface area contributed by atoms with Gasteiger partial charge in [-0.15, -0.1) is 0 Å². The van der Waals surface area contributed by atoms with Gasteiger partial charge in [-0.25, -0.2) is 0 Å². The number of fused-ring (bicyclic) bond motifs is 1. The number of nitrogens with one attached hydrogen (secondary N) is 1. The lowest BCUT2D eigenvalue weighted by atomic mass is 9.87. The van der Waals surface area contributed by atoms with Crippen molar-refractivity contribution in [2.75, 3.05) is 18.9 Å². The number of carbonyl (C=O) groups excluding carboxylic acids is 2. The van der Waals surface area contributed by atoms with Crippen LogP contribution in [0.4, 0.5) is 5.69 Å². The third-order valence-corrected chi connectivity index (χ3v) is 4.72. The smallest absolute Gasteiger partial charge is 0.248 e. The first kappa shape index (κ1) is 17.2. The fourth-order valence-electron chi connectivity index (χ4n) is 3.44. The molecule has 5 heteroatoms. The van der Waals surface area contributed by atoms with E-state index >= 15 is 0 Å². The summed E-state index contributed by atoms with van der Waals surface area (Å²) in [4.78, 5) is 25.5. The maximum atomic E-state index is 12.4. The second kappa shape index (κ2) is 7.49. The van der Waals surface area contributed by atoms with Gasteiger partial charge in [-0.05, 0) is 61.7 Å². The average molecular weight is 337 g/mol. The van der Waals surface area contributed by atoms with Crippen molar-refractivity contribution < 1.29 is 9.59 Å². The highest BCUT2D eigenvalue weighted by molar-refractivity contribution is 5.95. The van der Waals surface area contributed by atoms with Crippen LogP contribution in [0.2, 0.25) is 0 Å². The van der Waals surface area contributed by atoms with Crippen molar-refractivity contribution in [2.45, 2.75) is 25.3 Å². The Hall–Kier alpha value is -2.66. The minimum Gasteiger partial charge on any atom is -0.366 e. The fourth-order valence-corrected chi connectivity index (χ4v) is 3.44. The lowest BCUT2D eigenvalue weighted by Gasteiger charge is -2.32. The zero-order chi connectivity index (χ0) is 17.8. The van der Waals surface area contributed by atoms with Gasteiger partial charge in [0.15, 0.2) is 0 Å². The highest BCUT2D eigenvalue weighted by Crippen LogP contribution is 2.33. The van der Waals surface area contributed by atoms with Crippen molar-refractivity contribution in [3.8, 4) is 0 Å². The molecule has 5 nitrogen and oxygen atoms in total. The molecule has 0 aromatic heterocycles. The molecule has 1 aliphatic carbocycles. The molecular formula is C20H23N3O2. The lowest BCUT2D eigenvalue weighted by Crippen LogP contribution is -2.34. The molecule has 2 aromatic rings. The molecule has 0 bridgehead atoms. The second-order valence-electron chi connectivity index (χ2n) is 6.51. The van der Waals surface area contributed by atoms with Crippen molar-refractivity contribution in [1.29, 1.82) is 0 Å². The summed E-state index contributed by atoms with van der Waals surface area (Å²) in [5.41, 5.74) is 9.02. The second-order valence-corrected chi connectivity index (χ2v) is 6.51. The first-order chi connectivity index (χ1) is 12.0. The Morgan fingerprint density at radius 3 is 2.60 bits per heavy atom. The number of rotatable bonds is 5. The minimum absolute atomic E-state index is 0.0719. The summed E-state index contributed by atoms with van der Waals surface area (Å²) in [6.45, 7) is 0.316. The van der Waals surface area contributed by atoms with Crippen LogP contribution >= 0.6 is 0 Å². The maximum absolute atomic E-state index is 12.4. The van der Waals surface area contributed by atoms with Crippen LogP contribution in [0.15, 0.2) is 48.5 Å². The zero-order valence-electron chi connectivity index (χ0n) is 14.4. The summed E-state index contributed by atoms with van der Waals surface area (Å²) < 4.78 is 0. The predicted octanol–water partition coefficient (Wildman–Crippen LogP) is 2.73. The molecule has 3 rings (SSSR count). The molecule has 2 aromatic carbocycles. The molecule has 0 fully saturated rings. The molecule has 2 amide bonds. The molecule has 0 unspecified atom stereocenters. The van der Waals surface area contributed by atoms with Crippen LogP contribution in [0.25, 0.3) is 0 Å². The molecule has 0 aliphatic heterocycles. The molecule has 3 N–H and O–H groups in total. The van der Waals surface area contributed by atoms with Crippen molar-refractivity contribution in [1.82, 2.24) is 4.90 Å². The summed E-state index contributed by atoms with van der Waals surface area (Å²) in [6, 6.07) is 15.3. The molecule has 0 spiro atoms. The van der Waals surface area contributed by atoms with E-state index in [0.29, 0.717) is 17.8 Å². The molecule has 1 atom stereocenters. The lowest BCUT2D eigenvalue weighted by molar-refractivity contribution is -0.117. The number of hydrogen-bond acceptors (Lipinski definition) is 3. The van der Waals surface area contributed by atoms with Gasteiger partial charge in [0.25, 0.3) is 0 Å². The third-order valence-electron chi connectivity index (χ3n) is 4.72. The number of nitrogens with two attached hydrogens (primary N) is 1. The maximum Gasteiger partial charge on any atom is 0.248 e. The average Bonchev–Trinajstić information content (AvgIpc) is 2.61. The van der Waals surface area contributed by atoms with E-state index in [1.165, 1.54) is 11.1 Å². The van der Waals surface area contributed by atoms with Crippen molar-refractivity contribution in [3.63, 3.8) is 0 Å². The number of hydrogen-bond donors (Lipinski definition) is 2. The fraction of sp³-hybridized carbons (Fsp3) is 0.300. The quantitative estimate of drug-likeness (QED) is 0.881. The molecule has 25 heavy (non-hydrogen) atoms. The number of primary amides is 1. The van der Waals surface area contributed by atoms with Crippen LogP contribution in [0.5, 0.6) is 0 Å². The molecule has 1 aliphatic rings. The van der Waals surface area contributed by atoms with Crippen LogP contribution in [-0.4, -0.2) is 30.3 Å². The van der Waals surface area contributed by atoms with Gasteiger partial charge in [0.05, 0.1) is 6.54 Å². The van der Waals surface area contributed by atoms with Gasteiger partial charge in [0.2, 0.25) is 11.8 Å². The van der Waals surface area contributed by atoms with Gasteiger partial charge in [-0.1, -0.05) is 24.3 Å². The Kier molecular flexibility index (Phi) is 5.14. The number of benzene rings is 2. The van der Waals surface area contributed by atoms with E-state index in [2.05, 4.69) is 34.5 Å². The van der Waals surface area contributed by atoms with Crippen LogP contribution in [0.1, 0.15) is 40.4 Å². The van der Waals surface area contributed by atoms with E-state index < -0.39 is 5.91 Å². The molecular weight excluding hydrogens is 314 g/mol. The summed E-state index contributed by atoms with van der Waals surface area (Å²) >= 11 is 0. The Bertz CT molecular complexity index is 771. The monoisotopic (exact) mass is 337 g/mol. The topological polar surface area (TPSA) is 75.4 Å². The molecule has 130 valence electrons. The van der Waals surface area contributed by atoms with Crippen molar-refractivity contribution >= 4 is 17.5 Å². The zero-order valence-corrected chi connectivity index (χ0v) is 14.4. The van der Waals surface area contributed by atoms with Gasteiger partial charge >= 0.3 is 0 Å². The standard InChI is InChI=1S/C20H23N3O2/c1-23(18-8-4-6-14-5-2-3-7-17(14)18)13-19(24)22-16-11-9-15(10-12-16)20(21)25/h2-3,5,7,9-12,18H,4,6,8,13H2,1H3,(H2,21,25)(H,22,24)/t18-/m0/s1. The molecule has 0 heterocycles. The molecule has 0 saturated heterocycles. The molecule has 0 radical (unpaired) electrons. The normalized spacial score (nSPS) is 16.3. The number of nitrogens with zero attached hydrogens (tertiary/aromatic N) is 1. The number of likely N-dealkylation sites (N-methyl/N-ethyl adjacent to an activating group) is 1. The van der Waals surface area contributed by atoms with Crippen LogP contribution in [-0.2, 0) is 11.2 Å². The Morgan fingerprint density at radius 2 is 1.88 bits per heavy atom. The van der Waals surface area contributed by atoms with Crippen molar-refractivity contribution in [3.05, 3.63) is 65.2 Å². The Labute approximate surface area is 147 Å². The van der Waals surface area contributed by atoms with Gasteiger partial charge in [-0.2, -0.15) is 0 Å². The van der Waals surface area contributed by atoms with Crippen LogP contribution < -0.4 is 11.1 Å². The Morgan fingerprint density at radius 1 is 1.16 bits per heavy atom. The van der Waals surface area contributed by atoms with Crippen LogP contribution in [0.3, 0.4) is 0 Å². The summed E-state index contributed by atoms with van der Waals surface area (Å²) in [7, 11) is 1.99. The first-order valence-corrected chi connectivity index (χ1v) is 8.52. The van der Waals surface area contributed by atoms with Gasteiger partial charge in [-0.3, -0.25) is 14.5 Å². The van der Waals surface area contributed by atoms with E-state index in [4.69, 9.17) is 5.73 Å². The highest BCUT2D eigenvalue weighted by Gasteiger charge is 2.24. The van der Waals surface area contributed by atoms with E-state index in [1.54, 1.807) is 24.3 Å². The minimum atomic E-state index is -0.478. The van der Waals surface area contributed by atoms with Crippen LogP contribution in [0, 0.1) is 0 Å². The number of carbonyl (C=O) groups is 2. The van der Waals surface area contributed by atoms with E-state index in [1.807, 2.05) is 7.05 Å². The number of amides is 2. The van der Waals surface area contributed by atoms with E-state index in [-0.39, 0.29) is 11.9 Å². The highest BCUT2D eigenvalue weighted by atomic mass is 16.2. The Balaban J connectivity index is 1.62.